The van der Waals surface area contributed by atoms with Gasteiger partial charge in [0.25, 0.3) is 0 Å². The van der Waals surface area contributed by atoms with E-state index in [-0.39, 0.29) is 0 Å². The molecule has 0 aliphatic rings. The molecule has 94 valence electrons. The van der Waals surface area contributed by atoms with E-state index in [1.165, 1.54) is 11.1 Å². The van der Waals surface area contributed by atoms with E-state index in [0.29, 0.717) is 10.6 Å². The summed E-state index contributed by atoms with van der Waals surface area (Å²) in [6.45, 7) is 2.09. The first-order valence-electron chi connectivity index (χ1n) is 5.92. The van der Waals surface area contributed by atoms with E-state index in [9.17, 15) is 4.79 Å². The van der Waals surface area contributed by atoms with Gasteiger partial charge >= 0.3 is 0 Å². The Morgan fingerprint density at radius 2 is 1.95 bits per heavy atom. The van der Waals surface area contributed by atoms with E-state index in [1.54, 1.807) is 17.4 Å². The summed E-state index contributed by atoms with van der Waals surface area (Å²) in [4.78, 5) is 11.0. The van der Waals surface area contributed by atoms with Crippen molar-refractivity contribution in [3.05, 3.63) is 57.9 Å². The largest absolute Gasteiger partial charge is 0.298 e. The van der Waals surface area contributed by atoms with Gasteiger partial charge in [0, 0.05) is 16.5 Å². The Balaban J connectivity index is 2.34. The van der Waals surface area contributed by atoms with E-state index in [1.807, 2.05) is 18.2 Å². The average Bonchev–Trinajstić information content (AvgIpc) is 2.83. The lowest BCUT2D eigenvalue weighted by molar-refractivity contribution is 0.112. The van der Waals surface area contributed by atoms with Crippen LogP contribution in [-0.2, 0) is 0 Å². The Hall–Kier alpha value is -1.64. The van der Waals surface area contributed by atoms with Crippen molar-refractivity contribution in [2.24, 2.45) is 0 Å². The van der Waals surface area contributed by atoms with Crippen LogP contribution in [0.15, 0.2) is 41.8 Å². The van der Waals surface area contributed by atoms with E-state index >= 15 is 0 Å². The Morgan fingerprint density at radius 3 is 2.68 bits per heavy atom. The maximum Gasteiger partial charge on any atom is 0.150 e. The summed E-state index contributed by atoms with van der Waals surface area (Å²) in [5, 5.41) is 3.80. The fraction of sp³-hybridized carbons (Fsp3) is 0.0625. The predicted molar refractivity (Wildman–Crippen MR) is 82.4 cm³/mol. The fourth-order valence-electron chi connectivity index (χ4n) is 2.27. The Labute approximate surface area is 120 Å². The number of aryl methyl sites for hydroxylation is 1. The van der Waals surface area contributed by atoms with Gasteiger partial charge in [0.2, 0.25) is 0 Å². The van der Waals surface area contributed by atoms with Crippen LogP contribution in [-0.4, -0.2) is 6.29 Å². The summed E-state index contributed by atoms with van der Waals surface area (Å²) in [7, 11) is 0. The number of halogens is 1. The molecule has 1 aromatic heterocycles. The van der Waals surface area contributed by atoms with Gasteiger partial charge in [-0.25, -0.2) is 0 Å². The summed E-state index contributed by atoms with van der Waals surface area (Å²) in [6, 6.07) is 11.9. The third-order valence-electron chi connectivity index (χ3n) is 3.22. The minimum absolute atomic E-state index is 0.616. The van der Waals surface area contributed by atoms with Crippen molar-refractivity contribution < 1.29 is 4.79 Å². The molecule has 0 radical (unpaired) electrons. The van der Waals surface area contributed by atoms with Gasteiger partial charge in [0.1, 0.15) is 6.29 Å². The highest BCUT2D eigenvalue weighted by molar-refractivity contribution is 7.18. The zero-order valence-corrected chi connectivity index (χ0v) is 11.9. The lowest BCUT2D eigenvalue weighted by Crippen LogP contribution is -1.83. The monoisotopic (exact) mass is 286 g/mol. The highest BCUT2D eigenvalue weighted by Crippen LogP contribution is 2.39. The van der Waals surface area contributed by atoms with Gasteiger partial charge < -0.3 is 0 Å². The highest BCUT2D eigenvalue weighted by atomic mass is 35.5. The predicted octanol–water partition coefficient (Wildman–Crippen LogP) is 5.34. The first kappa shape index (κ1) is 12.4. The summed E-state index contributed by atoms with van der Waals surface area (Å²) < 4.78 is 1.03. The topological polar surface area (TPSA) is 17.1 Å². The van der Waals surface area contributed by atoms with Gasteiger partial charge in [-0.3, -0.25) is 4.79 Å². The molecule has 1 nitrogen and oxygen atoms in total. The van der Waals surface area contributed by atoms with Crippen LogP contribution in [0.3, 0.4) is 0 Å². The Kier molecular flexibility index (Phi) is 3.13. The van der Waals surface area contributed by atoms with Crippen molar-refractivity contribution in [2.75, 3.05) is 0 Å². The molecule has 0 spiro atoms. The van der Waals surface area contributed by atoms with Crippen LogP contribution < -0.4 is 0 Å². The van der Waals surface area contributed by atoms with Crippen LogP contribution in [0, 0.1) is 6.92 Å². The van der Waals surface area contributed by atoms with Crippen LogP contribution in [0.1, 0.15) is 15.9 Å². The molecular formula is C16H11ClOS. The molecule has 0 bridgehead atoms. The minimum Gasteiger partial charge on any atom is -0.298 e. The van der Waals surface area contributed by atoms with Crippen LogP contribution in [0.4, 0.5) is 0 Å². The van der Waals surface area contributed by atoms with Gasteiger partial charge in [0.05, 0.1) is 9.72 Å². The number of rotatable bonds is 2. The van der Waals surface area contributed by atoms with E-state index < -0.39 is 0 Å². The number of fused-ring (bicyclic) bond motifs is 1. The van der Waals surface area contributed by atoms with Crippen LogP contribution in [0.5, 0.6) is 0 Å². The molecule has 0 N–H and O–H groups in total. The summed E-state index contributed by atoms with van der Waals surface area (Å²) >= 11 is 7.85. The van der Waals surface area contributed by atoms with E-state index in [0.717, 1.165) is 21.9 Å². The standard InChI is InChI=1S/C16H11ClOS/c1-10-4-2-3-5-12(10)14-9-19-16-13(14)6-11(8-18)7-15(16)17/h2-9H,1H3. The summed E-state index contributed by atoms with van der Waals surface area (Å²) in [5.74, 6) is 0. The van der Waals surface area contributed by atoms with Crippen molar-refractivity contribution in [1.82, 2.24) is 0 Å². The number of hydrogen-bond donors (Lipinski definition) is 0. The van der Waals surface area contributed by atoms with Crippen molar-refractivity contribution in [3.63, 3.8) is 0 Å². The zero-order valence-electron chi connectivity index (χ0n) is 10.3. The molecule has 1 heterocycles. The van der Waals surface area contributed by atoms with Gasteiger partial charge in [-0.15, -0.1) is 11.3 Å². The molecule has 3 rings (SSSR count). The lowest BCUT2D eigenvalue weighted by Gasteiger charge is -2.05. The average molecular weight is 287 g/mol. The van der Waals surface area contributed by atoms with E-state index in [2.05, 4.69) is 24.4 Å². The molecule has 0 unspecified atom stereocenters. The SMILES string of the molecule is Cc1ccccc1-c1csc2c(Cl)cc(C=O)cc12. The molecule has 3 aromatic rings. The molecule has 0 amide bonds. The third-order valence-corrected chi connectivity index (χ3v) is 4.66. The maximum atomic E-state index is 11.0. The molecule has 19 heavy (non-hydrogen) atoms. The quantitative estimate of drug-likeness (QED) is 0.581. The van der Waals surface area contributed by atoms with Crippen molar-refractivity contribution >= 4 is 39.3 Å². The second-order valence-electron chi connectivity index (χ2n) is 4.46. The lowest BCUT2D eigenvalue weighted by atomic mass is 9.99. The van der Waals surface area contributed by atoms with Gasteiger partial charge in [0.15, 0.2) is 0 Å². The highest BCUT2D eigenvalue weighted by Gasteiger charge is 2.11. The normalized spacial score (nSPS) is 10.8. The molecule has 2 aromatic carbocycles. The van der Waals surface area contributed by atoms with Gasteiger partial charge in [-0.05, 0) is 35.6 Å². The van der Waals surface area contributed by atoms with Crippen LogP contribution in [0.25, 0.3) is 21.2 Å². The summed E-state index contributed by atoms with van der Waals surface area (Å²) in [5.41, 5.74) is 4.16. The Bertz CT molecular complexity index is 774. The smallest absolute Gasteiger partial charge is 0.150 e. The second kappa shape index (κ2) is 4.80. The maximum absolute atomic E-state index is 11.0. The van der Waals surface area contributed by atoms with Crippen LogP contribution >= 0.6 is 22.9 Å². The third kappa shape index (κ3) is 2.07. The molecule has 0 saturated carbocycles. The van der Waals surface area contributed by atoms with Gasteiger partial charge in [-0.1, -0.05) is 35.9 Å². The number of aldehydes is 1. The number of carbonyl (C=O) groups is 1. The number of benzene rings is 2. The molecule has 0 fully saturated rings. The molecular weight excluding hydrogens is 276 g/mol. The van der Waals surface area contributed by atoms with Gasteiger partial charge in [-0.2, -0.15) is 0 Å². The number of hydrogen-bond acceptors (Lipinski definition) is 2. The second-order valence-corrected chi connectivity index (χ2v) is 5.75. The minimum atomic E-state index is 0.616. The number of carbonyl (C=O) groups excluding carboxylic acids is 1. The Morgan fingerprint density at radius 1 is 1.16 bits per heavy atom. The first-order chi connectivity index (χ1) is 9.20. The van der Waals surface area contributed by atoms with Crippen molar-refractivity contribution in [1.29, 1.82) is 0 Å². The van der Waals surface area contributed by atoms with Crippen LogP contribution in [0.2, 0.25) is 5.02 Å². The van der Waals surface area contributed by atoms with Crippen molar-refractivity contribution in [2.45, 2.75) is 6.92 Å². The molecule has 0 atom stereocenters. The molecule has 0 aliphatic carbocycles. The zero-order chi connectivity index (χ0) is 13.4. The number of thiophene rings is 1. The van der Waals surface area contributed by atoms with E-state index in [4.69, 9.17) is 11.6 Å². The fourth-order valence-corrected chi connectivity index (χ4v) is 3.59. The first-order valence-corrected chi connectivity index (χ1v) is 7.18. The molecule has 0 saturated heterocycles. The molecule has 3 heteroatoms. The van der Waals surface area contributed by atoms with Crippen molar-refractivity contribution in [3.8, 4) is 11.1 Å². The summed E-state index contributed by atoms with van der Waals surface area (Å²) in [6.07, 6.45) is 0.838. The molecule has 0 aliphatic heterocycles.